The lowest BCUT2D eigenvalue weighted by Crippen LogP contribution is -2.17. The zero-order chi connectivity index (χ0) is 18.0. The van der Waals surface area contributed by atoms with Crippen LogP contribution in [0, 0.1) is 5.82 Å². The van der Waals surface area contributed by atoms with Crippen LogP contribution in [0.15, 0.2) is 60.1 Å². The predicted molar refractivity (Wildman–Crippen MR) is 99.0 cm³/mol. The number of nitrogens with one attached hydrogen (secondary N) is 1. The Morgan fingerprint density at radius 1 is 1.04 bits per heavy atom. The molecule has 0 aromatic heterocycles. The fraction of sp³-hybridized carbons (Fsp3) is 0.158. The quantitative estimate of drug-likeness (QED) is 0.797. The van der Waals surface area contributed by atoms with Crippen LogP contribution >= 0.6 is 11.6 Å². The van der Waals surface area contributed by atoms with Crippen molar-refractivity contribution < 1.29 is 12.8 Å². The molecule has 0 radical (unpaired) electrons. The molecular formula is C19H17ClFNO2S. The number of hydrogen-bond donors (Lipinski definition) is 1. The third kappa shape index (κ3) is 3.62. The number of sulfonamides is 1. The first-order valence-corrected chi connectivity index (χ1v) is 9.69. The van der Waals surface area contributed by atoms with Gasteiger partial charge in [-0.25, -0.2) is 12.8 Å². The first-order chi connectivity index (χ1) is 11.9. The van der Waals surface area contributed by atoms with Gasteiger partial charge in [0, 0.05) is 6.20 Å². The highest BCUT2D eigenvalue weighted by atomic mass is 35.5. The van der Waals surface area contributed by atoms with Crippen LogP contribution in [0.4, 0.5) is 4.39 Å². The lowest BCUT2D eigenvalue weighted by molar-refractivity contribution is 0.590. The molecule has 3 rings (SSSR count). The number of rotatable bonds is 5. The van der Waals surface area contributed by atoms with Gasteiger partial charge in [0.2, 0.25) is 0 Å². The van der Waals surface area contributed by atoms with E-state index in [1.54, 1.807) is 36.4 Å². The zero-order valence-electron chi connectivity index (χ0n) is 13.4. The summed E-state index contributed by atoms with van der Waals surface area (Å²) >= 11 is 5.91. The Hall–Kier alpha value is -2.11. The Labute approximate surface area is 151 Å². The molecule has 0 heterocycles. The summed E-state index contributed by atoms with van der Waals surface area (Å²) in [5.41, 5.74) is 4.14. The summed E-state index contributed by atoms with van der Waals surface area (Å²) in [5, 5.41) is 0.105. The van der Waals surface area contributed by atoms with Crippen LogP contribution in [-0.4, -0.2) is 8.42 Å². The smallest absolute Gasteiger partial charge is 0.261 e. The van der Waals surface area contributed by atoms with Crippen LogP contribution in [-0.2, 0) is 10.0 Å². The Morgan fingerprint density at radius 3 is 2.24 bits per heavy atom. The van der Waals surface area contributed by atoms with Gasteiger partial charge in [-0.2, -0.15) is 0 Å². The molecule has 6 heteroatoms. The van der Waals surface area contributed by atoms with Gasteiger partial charge < -0.3 is 0 Å². The molecule has 1 N–H and O–H groups in total. The maximum atomic E-state index is 13.4. The fourth-order valence-electron chi connectivity index (χ4n) is 3.08. The van der Waals surface area contributed by atoms with E-state index in [0.717, 1.165) is 47.7 Å². The first kappa shape index (κ1) is 17.7. The first-order valence-electron chi connectivity index (χ1n) is 7.83. The van der Waals surface area contributed by atoms with Gasteiger partial charge in [0.15, 0.2) is 0 Å². The van der Waals surface area contributed by atoms with Gasteiger partial charge >= 0.3 is 0 Å². The third-order valence-corrected chi connectivity index (χ3v) is 5.90. The second-order valence-corrected chi connectivity index (χ2v) is 7.91. The van der Waals surface area contributed by atoms with E-state index in [1.807, 2.05) is 0 Å². The van der Waals surface area contributed by atoms with Crippen molar-refractivity contribution in [2.45, 2.75) is 24.2 Å². The van der Waals surface area contributed by atoms with Crippen LogP contribution < -0.4 is 4.72 Å². The van der Waals surface area contributed by atoms with Crippen molar-refractivity contribution in [1.82, 2.24) is 4.72 Å². The minimum absolute atomic E-state index is 0.105. The molecule has 0 atom stereocenters. The molecule has 0 spiro atoms. The van der Waals surface area contributed by atoms with E-state index in [1.165, 1.54) is 6.07 Å². The van der Waals surface area contributed by atoms with Gasteiger partial charge in [-0.05, 0) is 65.8 Å². The molecule has 25 heavy (non-hydrogen) atoms. The Kier molecular flexibility index (Phi) is 4.97. The van der Waals surface area contributed by atoms with E-state index < -0.39 is 15.8 Å². The highest BCUT2D eigenvalue weighted by molar-refractivity contribution is 7.89. The van der Waals surface area contributed by atoms with Crippen molar-refractivity contribution in [3.8, 4) is 0 Å². The minimum Gasteiger partial charge on any atom is -0.287 e. The van der Waals surface area contributed by atoms with Gasteiger partial charge in [0.1, 0.15) is 5.82 Å². The van der Waals surface area contributed by atoms with E-state index in [0.29, 0.717) is 0 Å². The van der Waals surface area contributed by atoms with Crippen LogP contribution in [0.5, 0.6) is 0 Å². The van der Waals surface area contributed by atoms with Crippen molar-refractivity contribution in [1.29, 1.82) is 0 Å². The minimum atomic E-state index is -3.57. The molecule has 0 unspecified atom stereocenters. The average Bonchev–Trinajstić information content (AvgIpc) is 3.07. The fourth-order valence-corrected chi connectivity index (χ4v) is 4.11. The molecule has 2 aromatic rings. The van der Waals surface area contributed by atoms with Crippen molar-refractivity contribution in [3.05, 3.63) is 77.2 Å². The van der Waals surface area contributed by atoms with Crippen molar-refractivity contribution in [2.75, 3.05) is 0 Å². The summed E-state index contributed by atoms with van der Waals surface area (Å²) in [6.45, 7) is 3.37. The molecule has 0 saturated carbocycles. The van der Waals surface area contributed by atoms with Gasteiger partial charge in [-0.15, -0.1) is 0 Å². The molecule has 0 fully saturated rings. The van der Waals surface area contributed by atoms with E-state index >= 15 is 0 Å². The van der Waals surface area contributed by atoms with Crippen molar-refractivity contribution in [2.24, 2.45) is 0 Å². The number of allylic oxidation sites excluding steroid dienone is 2. The van der Waals surface area contributed by atoms with Crippen LogP contribution in [0.1, 0.15) is 30.4 Å². The molecule has 1 aliphatic rings. The molecule has 0 bridgehead atoms. The van der Waals surface area contributed by atoms with Crippen molar-refractivity contribution in [3.63, 3.8) is 0 Å². The van der Waals surface area contributed by atoms with Gasteiger partial charge in [0.05, 0.1) is 9.92 Å². The molecule has 1 aliphatic carbocycles. The Bertz CT molecular complexity index is 950. The zero-order valence-corrected chi connectivity index (χ0v) is 15.0. The van der Waals surface area contributed by atoms with Crippen molar-refractivity contribution >= 4 is 32.8 Å². The van der Waals surface area contributed by atoms with Crippen LogP contribution in [0.2, 0.25) is 5.02 Å². The summed E-state index contributed by atoms with van der Waals surface area (Å²) in [7, 11) is -3.57. The summed E-state index contributed by atoms with van der Waals surface area (Å²) in [6.07, 6.45) is 3.91. The van der Waals surface area contributed by atoms with E-state index in [2.05, 4.69) is 11.3 Å². The Morgan fingerprint density at radius 2 is 1.64 bits per heavy atom. The molecule has 0 aliphatic heterocycles. The number of halogens is 2. The summed E-state index contributed by atoms with van der Waals surface area (Å²) in [5.74, 6) is -0.435. The van der Waals surface area contributed by atoms with E-state index in [4.69, 9.17) is 11.6 Å². The summed E-state index contributed by atoms with van der Waals surface area (Å²) < 4.78 is 39.6. The second kappa shape index (κ2) is 7.02. The average molecular weight is 378 g/mol. The van der Waals surface area contributed by atoms with E-state index in [9.17, 15) is 12.8 Å². The van der Waals surface area contributed by atoms with Crippen LogP contribution in [0.3, 0.4) is 0 Å². The highest BCUT2D eigenvalue weighted by Gasteiger charge is 2.19. The van der Waals surface area contributed by atoms with Gasteiger partial charge in [-0.3, -0.25) is 4.72 Å². The second-order valence-electron chi connectivity index (χ2n) is 5.79. The largest absolute Gasteiger partial charge is 0.287 e. The maximum absolute atomic E-state index is 13.4. The normalized spacial score (nSPS) is 14.6. The molecular weight excluding hydrogens is 361 g/mol. The third-order valence-electron chi connectivity index (χ3n) is 4.24. The van der Waals surface area contributed by atoms with E-state index in [-0.39, 0.29) is 9.92 Å². The molecule has 130 valence electrons. The SMILES string of the molecule is C=CNS(=O)(=O)c1ccc(C2=C(c3ccc(F)c(Cl)c3)CCC2)cc1. The Balaban J connectivity index is 1.99. The molecule has 2 aromatic carbocycles. The predicted octanol–water partition coefficient (Wildman–Crippen LogP) is 5.00. The monoisotopic (exact) mass is 377 g/mol. The van der Waals surface area contributed by atoms with Gasteiger partial charge in [-0.1, -0.05) is 36.4 Å². The summed E-state index contributed by atoms with van der Waals surface area (Å²) in [6, 6.07) is 11.5. The highest BCUT2D eigenvalue weighted by Crippen LogP contribution is 2.40. The topological polar surface area (TPSA) is 46.2 Å². The lowest BCUT2D eigenvalue weighted by atomic mass is 9.97. The standard InChI is InChI=1S/C19H17ClFNO2S/c1-2-22-25(23,24)15-9-6-13(7-10-15)16-4-3-5-17(16)14-8-11-19(21)18(20)12-14/h2,6-12,22H,1,3-5H2. The summed E-state index contributed by atoms with van der Waals surface area (Å²) in [4.78, 5) is 0.182. The molecule has 0 amide bonds. The van der Waals surface area contributed by atoms with Crippen LogP contribution in [0.25, 0.3) is 11.1 Å². The lowest BCUT2D eigenvalue weighted by Gasteiger charge is -2.10. The number of benzene rings is 2. The maximum Gasteiger partial charge on any atom is 0.261 e. The molecule has 3 nitrogen and oxygen atoms in total. The molecule has 0 saturated heterocycles. The van der Waals surface area contributed by atoms with Gasteiger partial charge in [0.25, 0.3) is 10.0 Å². The number of hydrogen-bond acceptors (Lipinski definition) is 2.